The molecule has 2 heteroatoms. The number of hydrogen-bond acceptors (Lipinski definition) is 1. The molecule has 0 nitrogen and oxygen atoms in total. The maximum atomic E-state index is 5.69. The van der Waals surface area contributed by atoms with Crippen LogP contribution < -0.4 is 0 Å². The standard InChI is InChI=1S/C8H11ClS/c1-4-8(9)6-5-7(2)10-3/h4-6H,2H2,1,3H3/b6-5-,8-4+. The van der Waals surface area contributed by atoms with Crippen molar-refractivity contribution in [3.8, 4) is 0 Å². The Bertz CT molecular complexity index is 168. The molecule has 0 bridgehead atoms. The van der Waals surface area contributed by atoms with Crippen molar-refractivity contribution in [2.75, 3.05) is 6.26 Å². The van der Waals surface area contributed by atoms with Crippen LogP contribution in [0.25, 0.3) is 0 Å². The van der Waals surface area contributed by atoms with Gasteiger partial charge in [0.15, 0.2) is 0 Å². The summed E-state index contributed by atoms with van der Waals surface area (Å²) in [5.74, 6) is 0. The summed E-state index contributed by atoms with van der Waals surface area (Å²) in [6.07, 6.45) is 7.55. The Morgan fingerprint density at radius 1 is 1.50 bits per heavy atom. The largest absolute Gasteiger partial charge is 0.130 e. The van der Waals surface area contributed by atoms with E-state index in [1.54, 1.807) is 11.8 Å². The molecule has 0 aromatic rings. The topological polar surface area (TPSA) is 0 Å². The zero-order chi connectivity index (χ0) is 7.98. The lowest BCUT2D eigenvalue weighted by atomic mass is 10.4. The summed E-state index contributed by atoms with van der Waals surface area (Å²) in [6.45, 7) is 5.67. The molecular formula is C8H11ClS. The molecule has 0 unspecified atom stereocenters. The molecule has 0 aliphatic rings. The molecule has 56 valence electrons. The normalized spacial score (nSPS) is 12.5. The predicted octanol–water partition coefficient (Wildman–Crippen LogP) is 3.56. The van der Waals surface area contributed by atoms with Crippen LogP contribution in [0.15, 0.2) is 34.7 Å². The van der Waals surface area contributed by atoms with E-state index in [2.05, 4.69) is 6.58 Å². The second kappa shape index (κ2) is 5.63. The lowest BCUT2D eigenvalue weighted by Crippen LogP contribution is -1.64. The van der Waals surface area contributed by atoms with Crippen molar-refractivity contribution in [1.29, 1.82) is 0 Å². The van der Waals surface area contributed by atoms with Crippen LogP contribution in [0.4, 0.5) is 0 Å². The van der Waals surface area contributed by atoms with Crippen molar-refractivity contribution >= 4 is 23.4 Å². The van der Waals surface area contributed by atoms with Gasteiger partial charge in [0.2, 0.25) is 0 Å². The first-order chi connectivity index (χ1) is 4.70. The molecule has 0 radical (unpaired) electrons. The molecule has 0 rings (SSSR count). The second-order valence-electron chi connectivity index (χ2n) is 1.68. The first kappa shape index (κ1) is 9.86. The molecule has 10 heavy (non-hydrogen) atoms. The minimum absolute atomic E-state index is 0.746. The molecule has 0 amide bonds. The van der Waals surface area contributed by atoms with E-state index in [0.29, 0.717) is 0 Å². The van der Waals surface area contributed by atoms with Crippen LogP contribution in [0, 0.1) is 0 Å². The molecular weight excluding hydrogens is 164 g/mol. The fourth-order valence-corrected chi connectivity index (χ4v) is 0.604. The van der Waals surface area contributed by atoms with Gasteiger partial charge in [-0.25, -0.2) is 0 Å². The average molecular weight is 175 g/mol. The van der Waals surface area contributed by atoms with Gasteiger partial charge >= 0.3 is 0 Å². The van der Waals surface area contributed by atoms with Gasteiger partial charge < -0.3 is 0 Å². The lowest BCUT2D eigenvalue weighted by molar-refractivity contribution is 1.69. The van der Waals surface area contributed by atoms with Crippen molar-refractivity contribution in [1.82, 2.24) is 0 Å². The fourth-order valence-electron chi connectivity index (χ4n) is 0.337. The van der Waals surface area contributed by atoms with Gasteiger partial charge in [0.25, 0.3) is 0 Å². The maximum Gasteiger partial charge on any atom is 0.0363 e. The summed E-state index contributed by atoms with van der Waals surface area (Å²) >= 11 is 7.30. The van der Waals surface area contributed by atoms with Gasteiger partial charge in [-0.05, 0) is 30.2 Å². The number of hydrogen-bond donors (Lipinski definition) is 0. The van der Waals surface area contributed by atoms with Gasteiger partial charge in [-0.2, -0.15) is 0 Å². The predicted molar refractivity (Wildman–Crippen MR) is 51.4 cm³/mol. The summed E-state index contributed by atoms with van der Waals surface area (Å²) in [5.41, 5.74) is 0. The van der Waals surface area contributed by atoms with Crippen LogP contribution in [0.1, 0.15) is 6.92 Å². The monoisotopic (exact) mass is 174 g/mol. The second-order valence-corrected chi connectivity index (χ2v) is 3.05. The number of allylic oxidation sites excluding steroid dienone is 4. The molecule has 0 fully saturated rings. The first-order valence-corrected chi connectivity index (χ1v) is 4.53. The molecule has 0 saturated carbocycles. The molecule has 0 spiro atoms. The summed E-state index contributed by atoms with van der Waals surface area (Å²) < 4.78 is 0. The molecule has 0 atom stereocenters. The van der Waals surface area contributed by atoms with Gasteiger partial charge in [0, 0.05) is 5.03 Å². The Morgan fingerprint density at radius 2 is 2.10 bits per heavy atom. The van der Waals surface area contributed by atoms with Gasteiger partial charge in [0.05, 0.1) is 0 Å². The average Bonchev–Trinajstić information content (AvgIpc) is 1.99. The van der Waals surface area contributed by atoms with Crippen LogP contribution in [0.2, 0.25) is 0 Å². The minimum atomic E-state index is 0.746. The molecule has 0 aliphatic carbocycles. The van der Waals surface area contributed by atoms with Crippen molar-refractivity contribution < 1.29 is 0 Å². The van der Waals surface area contributed by atoms with Gasteiger partial charge in [-0.15, -0.1) is 11.8 Å². The highest BCUT2D eigenvalue weighted by molar-refractivity contribution is 8.02. The van der Waals surface area contributed by atoms with Gasteiger partial charge in [-0.1, -0.05) is 24.3 Å². The maximum absolute atomic E-state index is 5.69. The van der Waals surface area contributed by atoms with E-state index in [4.69, 9.17) is 11.6 Å². The third-order valence-corrected chi connectivity index (χ3v) is 1.97. The zero-order valence-corrected chi connectivity index (χ0v) is 7.80. The SMILES string of the molecule is C=C(/C=C\C(Cl)=C/C)SC. The van der Waals surface area contributed by atoms with E-state index in [1.807, 2.05) is 31.4 Å². The van der Waals surface area contributed by atoms with Gasteiger partial charge in [0.1, 0.15) is 0 Å². The van der Waals surface area contributed by atoms with E-state index >= 15 is 0 Å². The third kappa shape index (κ3) is 4.71. The summed E-state index contributed by atoms with van der Waals surface area (Å²) in [6, 6.07) is 0. The lowest BCUT2D eigenvalue weighted by Gasteiger charge is -1.89. The molecule has 0 N–H and O–H groups in total. The summed E-state index contributed by atoms with van der Waals surface area (Å²) in [4.78, 5) is 1.01. The third-order valence-electron chi connectivity index (χ3n) is 0.966. The number of rotatable bonds is 3. The fraction of sp³-hybridized carbons (Fsp3) is 0.250. The van der Waals surface area contributed by atoms with E-state index in [9.17, 15) is 0 Å². The molecule has 0 aromatic heterocycles. The summed E-state index contributed by atoms with van der Waals surface area (Å²) in [5, 5.41) is 0.746. The molecule has 0 saturated heterocycles. The van der Waals surface area contributed by atoms with E-state index in [1.165, 1.54) is 0 Å². The number of thioether (sulfide) groups is 1. The van der Waals surface area contributed by atoms with Crippen molar-refractivity contribution in [3.63, 3.8) is 0 Å². The first-order valence-electron chi connectivity index (χ1n) is 2.93. The Balaban J connectivity index is 3.88. The highest BCUT2D eigenvalue weighted by atomic mass is 35.5. The molecule has 0 aromatic carbocycles. The Labute approximate surface area is 71.7 Å². The van der Waals surface area contributed by atoms with Crippen LogP contribution in [0.3, 0.4) is 0 Å². The highest BCUT2D eigenvalue weighted by Crippen LogP contribution is 2.12. The van der Waals surface area contributed by atoms with E-state index in [-0.39, 0.29) is 0 Å². The molecule has 0 aliphatic heterocycles. The summed E-state index contributed by atoms with van der Waals surface area (Å²) in [7, 11) is 0. The quantitative estimate of drug-likeness (QED) is 0.590. The van der Waals surface area contributed by atoms with Crippen LogP contribution in [-0.2, 0) is 0 Å². The van der Waals surface area contributed by atoms with Crippen molar-refractivity contribution in [2.24, 2.45) is 0 Å². The Kier molecular flexibility index (Phi) is 5.55. The minimum Gasteiger partial charge on any atom is -0.130 e. The smallest absolute Gasteiger partial charge is 0.0363 e. The van der Waals surface area contributed by atoms with Crippen LogP contribution in [0.5, 0.6) is 0 Å². The van der Waals surface area contributed by atoms with E-state index in [0.717, 1.165) is 9.94 Å². The zero-order valence-electron chi connectivity index (χ0n) is 6.23. The van der Waals surface area contributed by atoms with Crippen LogP contribution >= 0.6 is 23.4 Å². The van der Waals surface area contributed by atoms with Crippen molar-refractivity contribution in [2.45, 2.75) is 6.92 Å². The highest BCUT2D eigenvalue weighted by Gasteiger charge is 1.82. The van der Waals surface area contributed by atoms with E-state index < -0.39 is 0 Å². The molecule has 0 heterocycles. The van der Waals surface area contributed by atoms with Crippen molar-refractivity contribution in [3.05, 3.63) is 34.7 Å². The Hall–Kier alpha value is -0.140. The van der Waals surface area contributed by atoms with Gasteiger partial charge in [-0.3, -0.25) is 0 Å². The van der Waals surface area contributed by atoms with Crippen LogP contribution in [-0.4, -0.2) is 6.26 Å². The number of halogens is 1. The Morgan fingerprint density at radius 3 is 2.50 bits per heavy atom.